The van der Waals surface area contributed by atoms with Gasteiger partial charge in [0, 0.05) is 37.1 Å². The molecule has 2 N–H and O–H groups in total. The smallest absolute Gasteiger partial charge is 0.204 e. The van der Waals surface area contributed by atoms with E-state index in [1.54, 1.807) is 0 Å². The number of imidazole rings is 1. The van der Waals surface area contributed by atoms with Gasteiger partial charge in [-0.15, -0.1) is 10.2 Å². The Morgan fingerprint density at radius 1 is 1.03 bits per heavy atom. The van der Waals surface area contributed by atoms with Crippen molar-refractivity contribution in [2.75, 3.05) is 18.0 Å². The maximum Gasteiger partial charge on any atom is 0.204 e. The third kappa shape index (κ3) is 3.32. The Hall–Kier alpha value is -3.72. The molecule has 0 spiro atoms. The van der Waals surface area contributed by atoms with Crippen LogP contribution in [0.4, 0.5) is 11.4 Å². The number of fused-ring (bicyclic) bond motifs is 2. The lowest BCUT2D eigenvalue weighted by molar-refractivity contribution is 0.200. The van der Waals surface area contributed by atoms with E-state index in [4.69, 9.17) is 4.74 Å². The van der Waals surface area contributed by atoms with Gasteiger partial charge in [-0.3, -0.25) is 4.90 Å². The van der Waals surface area contributed by atoms with Gasteiger partial charge in [0.05, 0.1) is 17.9 Å². The molecule has 0 aliphatic carbocycles. The van der Waals surface area contributed by atoms with Gasteiger partial charge in [-0.1, -0.05) is 12.1 Å². The first-order valence-electron chi connectivity index (χ1n) is 10.5. The number of para-hydroxylation sites is 2. The Bertz CT molecular complexity index is 1170. The Balaban J connectivity index is 1.29. The average Bonchev–Trinajstić information content (AvgIpc) is 3.52. The molecule has 2 aliphatic rings. The number of tetrazole rings is 1. The van der Waals surface area contributed by atoms with Gasteiger partial charge in [0.15, 0.2) is 11.5 Å². The van der Waals surface area contributed by atoms with Gasteiger partial charge in [0.1, 0.15) is 5.82 Å². The number of ether oxygens (including phenoxy) is 1. The van der Waals surface area contributed by atoms with E-state index in [-0.39, 0.29) is 0 Å². The molecule has 2 aliphatic heterocycles. The third-order valence-electron chi connectivity index (χ3n) is 6.02. The highest BCUT2D eigenvalue weighted by atomic mass is 16.5. The Kier molecular flexibility index (Phi) is 4.38. The van der Waals surface area contributed by atoms with Crippen LogP contribution in [0.2, 0.25) is 0 Å². The van der Waals surface area contributed by atoms with Crippen LogP contribution in [0.15, 0.2) is 54.9 Å². The molecule has 4 heterocycles. The van der Waals surface area contributed by atoms with Crippen molar-refractivity contribution in [3.8, 4) is 22.9 Å². The number of aromatic amines is 2. The molecule has 0 radical (unpaired) electrons. The molecule has 2 aromatic heterocycles. The van der Waals surface area contributed by atoms with Gasteiger partial charge in [0.2, 0.25) is 5.82 Å². The van der Waals surface area contributed by atoms with E-state index in [1.165, 1.54) is 0 Å². The molecule has 0 bridgehead atoms. The van der Waals surface area contributed by atoms with Crippen LogP contribution in [-0.2, 0) is 6.54 Å². The predicted molar refractivity (Wildman–Crippen MR) is 115 cm³/mol. The van der Waals surface area contributed by atoms with Crippen LogP contribution in [0.5, 0.6) is 11.5 Å². The second-order valence-corrected chi connectivity index (χ2v) is 7.90. The van der Waals surface area contributed by atoms with Crippen molar-refractivity contribution >= 4 is 11.4 Å². The summed E-state index contributed by atoms with van der Waals surface area (Å²) in [6, 6.07) is 14.8. The van der Waals surface area contributed by atoms with E-state index in [9.17, 15) is 0 Å². The lowest BCUT2D eigenvalue weighted by Gasteiger charge is -2.42. The second-order valence-electron chi connectivity index (χ2n) is 7.90. The number of hydrogen-bond donors (Lipinski definition) is 2. The van der Waals surface area contributed by atoms with Crippen LogP contribution in [0.1, 0.15) is 18.7 Å². The lowest BCUT2D eigenvalue weighted by Crippen LogP contribution is -2.43. The second kappa shape index (κ2) is 7.51. The quantitative estimate of drug-likeness (QED) is 0.527. The van der Waals surface area contributed by atoms with Crippen LogP contribution in [0.25, 0.3) is 11.4 Å². The molecule has 1 saturated heterocycles. The van der Waals surface area contributed by atoms with Gasteiger partial charge in [-0.05, 0) is 48.4 Å². The van der Waals surface area contributed by atoms with E-state index >= 15 is 0 Å². The first kappa shape index (κ1) is 18.1. The standard InChI is InChI=1S/C22H22N8O/c1-2-4-19-17(3-1)30(16-7-11-29(12-8-16)14-21-23-9-10-24-21)18-6-5-15(13-20(18)31-19)22-25-27-28-26-22/h1-6,9-10,13,16H,7-8,11-12,14H2,(H,23,24)(H,25,26,27,28). The summed E-state index contributed by atoms with van der Waals surface area (Å²) in [5.41, 5.74) is 3.07. The minimum Gasteiger partial charge on any atom is -0.453 e. The molecule has 4 aromatic rings. The monoisotopic (exact) mass is 414 g/mol. The number of piperidine rings is 1. The highest BCUT2D eigenvalue weighted by Crippen LogP contribution is 2.49. The largest absolute Gasteiger partial charge is 0.453 e. The number of H-pyrrole nitrogens is 2. The third-order valence-corrected chi connectivity index (χ3v) is 6.02. The van der Waals surface area contributed by atoms with E-state index in [2.05, 4.69) is 58.6 Å². The molecule has 0 saturated carbocycles. The Morgan fingerprint density at radius 3 is 2.71 bits per heavy atom. The SMILES string of the molecule is c1ccc2c(c1)Oc1cc(-c3nn[nH]n3)ccc1N2C1CCN(Cc2ncc[nH]2)CC1. The van der Waals surface area contributed by atoms with Gasteiger partial charge < -0.3 is 14.6 Å². The highest BCUT2D eigenvalue weighted by molar-refractivity contribution is 5.80. The molecule has 6 rings (SSSR count). The van der Waals surface area contributed by atoms with Crippen molar-refractivity contribution in [2.24, 2.45) is 0 Å². The Morgan fingerprint density at radius 2 is 1.90 bits per heavy atom. The molecule has 0 unspecified atom stereocenters. The lowest BCUT2D eigenvalue weighted by atomic mass is 9.99. The summed E-state index contributed by atoms with van der Waals surface area (Å²) in [6.45, 7) is 2.92. The number of likely N-dealkylation sites (tertiary alicyclic amines) is 1. The van der Waals surface area contributed by atoms with Crippen LogP contribution in [0.3, 0.4) is 0 Å². The zero-order valence-electron chi connectivity index (χ0n) is 16.9. The zero-order valence-corrected chi connectivity index (χ0v) is 16.9. The summed E-state index contributed by atoms with van der Waals surface area (Å²) in [7, 11) is 0. The van der Waals surface area contributed by atoms with E-state index in [1.807, 2.05) is 36.7 Å². The topological polar surface area (TPSA) is 98.8 Å². The zero-order chi connectivity index (χ0) is 20.6. The molecule has 1 fully saturated rings. The predicted octanol–water partition coefficient (Wildman–Crippen LogP) is 3.50. The first-order valence-corrected chi connectivity index (χ1v) is 10.5. The summed E-state index contributed by atoms with van der Waals surface area (Å²) >= 11 is 0. The summed E-state index contributed by atoms with van der Waals surface area (Å²) in [5, 5.41) is 14.4. The van der Waals surface area contributed by atoms with E-state index < -0.39 is 0 Å². The molecule has 0 atom stereocenters. The maximum atomic E-state index is 6.28. The highest BCUT2D eigenvalue weighted by Gasteiger charge is 2.32. The van der Waals surface area contributed by atoms with Gasteiger partial charge in [0.25, 0.3) is 0 Å². The van der Waals surface area contributed by atoms with Crippen LogP contribution < -0.4 is 9.64 Å². The van der Waals surface area contributed by atoms with Crippen molar-refractivity contribution in [1.29, 1.82) is 0 Å². The molecule has 9 heteroatoms. The molecule has 31 heavy (non-hydrogen) atoms. The van der Waals surface area contributed by atoms with E-state index in [0.717, 1.165) is 66.7 Å². The number of nitrogens with zero attached hydrogens (tertiary/aromatic N) is 6. The average molecular weight is 414 g/mol. The summed E-state index contributed by atoms with van der Waals surface area (Å²) < 4.78 is 6.28. The fourth-order valence-electron chi connectivity index (χ4n) is 4.53. The minimum atomic E-state index is 0.396. The number of benzene rings is 2. The van der Waals surface area contributed by atoms with Crippen molar-refractivity contribution in [3.05, 3.63) is 60.7 Å². The fraction of sp³-hybridized carbons (Fsp3) is 0.273. The van der Waals surface area contributed by atoms with Crippen molar-refractivity contribution in [2.45, 2.75) is 25.4 Å². The molecular formula is C22H22N8O. The number of rotatable bonds is 4. The van der Waals surface area contributed by atoms with E-state index in [0.29, 0.717) is 11.9 Å². The van der Waals surface area contributed by atoms with Gasteiger partial charge in [-0.2, -0.15) is 5.21 Å². The molecule has 2 aromatic carbocycles. The minimum absolute atomic E-state index is 0.396. The van der Waals surface area contributed by atoms with Gasteiger partial charge >= 0.3 is 0 Å². The number of nitrogens with one attached hydrogen (secondary N) is 2. The molecular weight excluding hydrogens is 392 g/mol. The van der Waals surface area contributed by atoms with Crippen LogP contribution in [0, 0.1) is 0 Å². The Labute approximate surface area is 179 Å². The molecule has 0 amide bonds. The fourth-order valence-corrected chi connectivity index (χ4v) is 4.53. The van der Waals surface area contributed by atoms with Crippen molar-refractivity contribution < 1.29 is 4.74 Å². The summed E-state index contributed by atoms with van der Waals surface area (Å²) in [4.78, 5) is 12.5. The van der Waals surface area contributed by atoms with Crippen LogP contribution >= 0.6 is 0 Å². The van der Waals surface area contributed by atoms with Crippen molar-refractivity contribution in [3.63, 3.8) is 0 Å². The van der Waals surface area contributed by atoms with Gasteiger partial charge in [-0.25, -0.2) is 4.98 Å². The number of aromatic nitrogens is 6. The summed E-state index contributed by atoms with van der Waals surface area (Å²) in [6.07, 6.45) is 5.83. The normalized spacial score (nSPS) is 16.6. The first-order chi connectivity index (χ1) is 15.3. The number of hydrogen-bond acceptors (Lipinski definition) is 7. The molecule has 9 nitrogen and oxygen atoms in total. The summed E-state index contributed by atoms with van der Waals surface area (Å²) in [5.74, 6) is 3.27. The molecule has 156 valence electrons. The van der Waals surface area contributed by atoms with Crippen molar-refractivity contribution in [1.82, 2.24) is 35.5 Å². The number of anilines is 2. The maximum absolute atomic E-state index is 6.28. The van der Waals surface area contributed by atoms with Crippen LogP contribution in [-0.4, -0.2) is 54.6 Å².